The van der Waals surface area contributed by atoms with Gasteiger partial charge in [-0.3, -0.25) is 4.79 Å². The zero-order valence-corrected chi connectivity index (χ0v) is 10.4. The predicted molar refractivity (Wildman–Crippen MR) is 68.0 cm³/mol. The van der Waals surface area contributed by atoms with Crippen LogP contribution in [0.25, 0.3) is 0 Å². The van der Waals surface area contributed by atoms with E-state index in [0.717, 1.165) is 5.75 Å². The molecule has 0 bridgehead atoms. The number of amides is 1. The fraction of sp³-hybridized carbons (Fsp3) is 0.333. The van der Waals surface area contributed by atoms with E-state index in [4.69, 9.17) is 5.11 Å². The summed E-state index contributed by atoms with van der Waals surface area (Å²) in [5, 5.41) is 11.1. The van der Waals surface area contributed by atoms with Crippen molar-refractivity contribution >= 4 is 24.1 Å². The van der Waals surface area contributed by atoms with Crippen molar-refractivity contribution in [1.82, 2.24) is 5.32 Å². The van der Waals surface area contributed by atoms with Crippen LogP contribution in [-0.2, 0) is 15.3 Å². The minimum absolute atomic E-state index is 0.363. The molecule has 17 heavy (non-hydrogen) atoms. The summed E-state index contributed by atoms with van der Waals surface area (Å²) in [5.41, 5.74) is 2.38. The van der Waals surface area contributed by atoms with Crippen LogP contribution < -0.4 is 5.32 Å². The third kappa shape index (κ3) is 4.48. The SMILES string of the molecule is Cc1ccccc1CSCC(NC=O)C(=O)O. The summed E-state index contributed by atoms with van der Waals surface area (Å²) in [6, 6.07) is 7.15. The van der Waals surface area contributed by atoms with Gasteiger partial charge in [-0.25, -0.2) is 4.79 Å². The third-order valence-electron chi connectivity index (χ3n) is 2.37. The number of carbonyl (C=O) groups is 2. The van der Waals surface area contributed by atoms with Crippen LogP contribution in [0.2, 0.25) is 0 Å². The first-order valence-electron chi connectivity index (χ1n) is 5.20. The van der Waals surface area contributed by atoms with Gasteiger partial charge in [0.05, 0.1) is 0 Å². The molecule has 1 amide bonds. The smallest absolute Gasteiger partial charge is 0.327 e. The Hall–Kier alpha value is -1.49. The van der Waals surface area contributed by atoms with Gasteiger partial charge >= 0.3 is 5.97 Å². The van der Waals surface area contributed by atoms with E-state index in [0.29, 0.717) is 12.2 Å². The van der Waals surface area contributed by atoms with Crippen LogP contribution >= 0.6 is 11.8 Å². The molecule has 5 heteroatoms. The molecule has 92 valence electrons. The molecule has 1 aromatic carbocycles. The van der Waals surface area contributed by atoms with Crippen molar-refractivity contribution < 1.29 is 14.7 Å². The number of carboxylic acid groups (broad SMARTS) is 1. The number of hydrogen-bond donors (Lipinski definition) is 2. The molecule has 0 aliphatic rings. The zero-order valence-electron chi connectivity index (χ0n) is 9.55. The fourth-order valence-electron chi connectivity index (χ4n) is 1.33. The Balaban J connectivity index is 2.43. The molecular weight excluding hydrogens is 238 g/mol. The lowest BCUT2D eigenvalue weighted by molar-refractivity contribution is -0.139. The number of rotatable bonds is 7. The number of benzene rings is 1. The molecule has 1 aromatic rings. The molecule has 0 aliphatic heterocycles. The van der Waals surface area contributed by atoms with E-state index >= 15 is 0 Å². The van der Waals surface area contributed by atoms with E-state index < -0.39 is 12.0 Å². The van der Waals surface area contributed by atoms with Crippen LogP contribution in [-0.4, -0.2) is 29.3 Å². The van der Waals surface area contributed by atoms with Crippen molar-refractivity contribution in [1.29, 1.82) is 0 Å². The summed E-state index contributed by atoms with van der Waals surface area (Å²) in [4.78, 5) is 21.0. The molecule has 0 aromatic heterocycles. The Kier molecular flexibility index (Phi) is 5.56. The minimum Gasteiger partial charge on any atom is -0.480 e. The van der Waals surface area contributed by atoms with Gasteiger partial charge in [-0.1, -0.05) is 24.3 Å². The van der Waals surface area contributed by atoms with Crippen molar-refractivity contribution in [2.75, 3.05) is 5.75 Å². The highest BCUT2D eigenvalue weighted by Crippen LogP contribution is 2.16. The maximum atomic E-state index is 10.8. The molecule has 2 N–H and O–H groups in total. The Morgan fingerprint density at radius 3 is 2.82 bits per heavy atom. The second-order valence-corrected chi connectivity index (χ2v) is 4.65. The van der Waals surface area contributed by atoms with Crippen molar-refractivity contribution in [3.63, 3.8) is 0 Å². The molecule has 4 nitrogen and oxygen atoms in total. The van der Waals surface area contributed by atoms with Gasteiger partial charge in [0, 0.05) is 11.5 Å². The standard InChI is InChI=1S/C12H15NO3S/c1-9-4-2-3-5-10(9)6-17-7-11(12(15)16)13-8-14/h2-5,8,11H,6-7H2,1H3,(H,13,14)(H,15,16). The summed E-state index contributed by atoms with van der Waals surface area (Å²) in [6.45, 7) is 2.02. The number of nitrogens with one attached hydrogen (secondary N) is 1. The maximum absolute atomic E-state index is 10.8. The Morgan fingerprint density at radius 2 is 2.24 bits per heavy atom. The van der Waals surface area contributed by atoms with Crippen molar-refractivity contribution in [3.05, 3.63) is 35.4 Å². The highest BCUT2D eigenvalue weighted by Gasteiger charge is 2.15. The summed E-state index contributed by atoms with van der Waals surface area (Å²) in [5.74, 6) is 0.105. The Bertz CT molecular complexity index is 395. The average molecular weight is 253 g/mol. The Morgan fingerprint density at radius 1 is 1.53 bits per heavy atom. The maximum Gasteiger partial charge on any atom is 0.327 e. The second kappa shape index (κ2) is 6.96. The lowest BCUT2D eigenvalue weighted by atomic mass is 10.1. The van der Waals surface area contributed by atoms with Crippen LogP contribution in [0.4, 0.5) is 0 Å². The van der Waals surface area contributed by atoms with E-state index in [1.807, 2.05) is 31.2 Å². The van der Waals surface area contributed by atoms with E-state index in [9.17, 15) is 9.59 Å². The van der Waals surface area contributed by atoms with Crippen molar-refractivity contribution in [2.24, 2.45) is 0 Å². The highest BCUT2D eigenvalue weighted by atomic mass is 32.2. The van der Waals surface area contributed by atoms with Gasteiger partial charge in [0.2, 0.25) is 6.41 Å². The zero-order chi connectivity index (χ0) is 12.7. The number of thioether (sulfide) groups is 1. The fourth-order valence-corrected chi connectivity index (χ4v) is 2.47. The number of carbonyl (C=O) groups excluding carboxylic acids is 1. The van der Waals surface area contributed by atoms with Gasteiger partial charge in [0.15, 0.2) is 0 Å². The van der Waals surface area contributed by atoms with Crippen molar-refractivity contribution in [2.45, 2.75) is 18.7 Å². The van der Waals surface area contributed by atoms with Crippen molar-refractivity contribution in [3.8, 4) is 0 Å². The highest BCUT2D eigenvalue weighted by molar-refractivity contribution is 7.98. The molecule has 0 fully saturated rings. The monoisotopic (exact) mass is 253 g/mol. The Labute approximate surface area is 104 Å². The number of hydrogen-bond acceptors (Lipinski definition) is 3. The third-order valence-corrected chi connectivity index (χ3v) is 3.45. The molecule has 0 heterocycles. The number of carboxylic acids is 1. The number of aryl methyl sites for hydroxylation is 1. The largest absolute Gasteiger partial charge is 0.480 e. The molecular formula is C12H15NO3S. The topological polar surface area (TPSA) is 66.4 Å². The molecule has 0 saturated carbocycles. The minimum atomic E-state index is -1.01. The summed E-state index contributed by atoms with van der Waals surface area (Å²) >= 11 is 1.49. The summed E-state index contributed by atoms with van der Waals surface area (Å²) in [7, 11) is 0. The summed E-state index contributed by atoms with van der Waals surface area (Å²) < 4.78 is 0. The van der Waals surface area contributed by atoms with Gasteiger partial charge in [0.1, 0.15) is 6.04 Å². The van der Waals surface area contributed by atoms with Gasteiger partial charge in [-0.05, 0) is 18.1 Å². The number of aliphatic carboxylic acids is 1. The first-order valence-corrected chi connectivity index (χ1v) is 6.35. The van der Waals surface area contributed by atoms with Crippen LogP contribution in [0.3, 0.4) is 0 Å². The second-order valence-electron chi connectivity index (χ2n) is 3.62. The normalized spacial score (nSPS) is 11.8. The van der Waals surface area contributed by atoms with Gasteiger partial charge in [-0.2, -0.15) is 11.8 Å². The van der Waals surface area contributed by atoms with Crippen LogP contribution in [0.1, 0.15) is 11.1 Å². The predicted octanol–water partition coefficient (Wildman–Crippen LogP) is 1.43. The van der Waals surface area contributed by atoms with E-state index in [-0.39, 0.29) is 0 Å². The van der Waals surface area contributed by atoms with E-state index in [1.54, 1.807) is 0 Å². The van der Waals surface area contributed by atoms with Gasteiger partial charge in [0.25, 0.3) is 0 Å². The summed E-state index contributed by atoms with van der Waals surface area (Å²) in [6.07, 6.45) is 0.424. The molecule has 1 unspecified atom stereocenters. The van der Waals surface area contributed by atoms with Crippen LogP contribution in [0.15, 0.2) is 24.3 Å². The molecule has 0 aliphatic carbocycles. The molecule has 0 spiro atoms. The first kappa shape index (κ1) is 13.6. The quantitative estimate of drug-likeness (QED) is 0.721. The average Bonchev–Trinajstić information content (AvgIpc) is 2.30. The van der Waals surface area contributed by atoms with Gasteiger partial charge < -0.3 is 10.4 Å². The molecule has 0 radical (unpaired) electrons. The van der Waals surface area contributed by atoms with Crippen LogP contribution in [0.5, 0.6) is 0 Å². The lowest BCUT2D eigenvalue weighted by Crippen LogP contribution is -2.37. The van der Waals surface area contributed by atoms with Gasteiger partial charge in [-0.15, -0.1) is 0 Å². The molecule has 1 atom stereocenters. The molecule has 1 rings (SSSR count). The molecule has 0 saturated heterocycles. The lowest BCUT2D eigenvalue weighted by Gasteiger charge is -2.11. The van der Waals surface area contributed by atoms with Crippen LogP contribution in [0, 0.1) is 6.92 Å². The first-order chi connectivity index (χ1) is 8.15. The van der Waals surface area contributed by atoms with E-state index in [2.05, 4.69) is 5.32 Å². The van der Waals surface area contributed by atoms with E-state index in [1.165, 1.54) is 22.9 Å².